The first kappa shape index (κ1) is 16.7. The number of imide groups is 1. The van der Waals surface area contributed by atoms with Crippen LogP contribution in [0.25, 0.3) is 16.7 Å². The van der Waals surface area contributed by atoms with Crippen molar-refractivity contribution in [2.75, 3.05) is 13.1 Å². The number of urea groups is 1. The van der Waals surface area contributed by atoms with Gasteiger partial charge in [-0.1, -0.05) is 60.7 Å². The summed E-state index contributed by atoms with van der Waals surface area (Å²) in [6, 6.07) is 15.7. The molecular formula is C21H18N2O2S. The van der Waals surface area contributed by atoms with E-state index in [-0.39, 0.29) is 11.9 Å². The molecule has 3 amide bonds. The Hall–Kier alpha value is -2.79. The Morgan fingerprint density at radius 1 is 0.731 bits per heavy atom. The average Bonchev–Trinajstić information content (AvgIpc) is 2.98. The molecule has 1 aliphatic heterocycles. The maximum Gasteiger partial charge on any atom is 0.332 e. The lowest BCUT2D eigenvalue weighted by Gasteiger charge is -2.35. The fourth-order valence-corrected chi connectivity index (χ4v) is 4.14. The van der Waals surface area contributed by atoms with E-state index >= 15 is 0 Å². The second-order valence-corrected chi connectivity index (χ2v) is 6.61. The molecular weight excluding hydrogens is 344 g/mol. The van der Waals surface area contributed by atoms with Crippen LogP contribution in [-0.2, 0) is 4.79 Å². The molecule has 1 aliphatic carbocycles. The number of thiocarbonyl (C=S) groups is 1. The van der Waals surface area contributed by atoms with E-state index in [1.165, 1.54) is 9.80 Å². The summed E-state index contributed by atoms with van der Waals surface area (Å²) < 4.78 is 0. The second kappa shape index (κ2) is 6.18. The molecule has 2 aromatic rings. The normalized spacial score (nSPS) is 16.3. The Bertz CT molecular complexity index is 918. The summed E-state index contributed by atoms with van der Waals surface area (Å²) in [7, 11) is 0. The molecule has 0 unspecified atom stereocenters. The van der Waals surface area contributed by atoms with Crippen molar-refractivity contribution < 1.29 is 9.59 Å². The summed E-state index contributed by atoms with van der Waals surface area (Å²) in [6.45, 7) is 4.42. The highest BCUT2D eigenvalue weighted by atomic mass is 32.1. The molecule has 0 atom stereocenters. The summed E-state index contributed by atoms with van der Waals surface area (Å²) in [6.07, 6.45) is 0. The van der Waals surface area contributed by atoms with Crippen molar-refractivity contribution in [1.82, 2.24) is 9.80 Å². The molecule has 0 saturated carbocycles. The minimum atomic E-state index is -0.339. The first-order chi connectivity index (χ1) is 12.6. The topological polar surface area (TPSA) is 40.6 Å². The van der Waals surface area contributed by atoms with Gasteiger partial charge in [0, 0.05) is 18.7 Å². The van der Waals surface area contributed by atoms with Crippen LogP contribution in [0.5, 0.6) is 0 Å². The number of rotatable bonds is 2. The molecule has 2 aliphatic rings. The first-order valence-corrected chi connectivity index (χ1v) is 9.12. The molecule has 0 bridgehead atoms. The van der Waals surface area contributed by atoms with Gasteiger partial charge in [-0.05, 0) is 36.1 Å². The van der Waals surface area contributed by atoms with E-state index in [1.807, 2.05) is 43.3 Å². The van der Waals surface area contributed by atoms with E-state index in [1.54, 1.807) is 6.92 Å². The molecule has 130 valence electrons. The second-order valence-electron chi connectivity index (χ2n) is 6.22. The zero-order valence-electron chi connectivity index (χ0n) is 14.7. The van der Waals surface area contributed by atoms with Crippen LogP contribution in [0, 0.1) is 0 Å². The van der Waals surface area contributed by atoms with Gasteiger partial charge in [0.2, 0.25) is 0 Å². The Labute approximate surface area is 157 Å². The zero-order valence-corrected chi connectivity index (χ0v) is 15.5. The van der Waals surface area contributed by atoms with E-state index in [9.17, 15) is 9.59 Å². The van der Waals surface area contributed by atoms with Crippen LogP contribution in [0.4, 0.5) is 4.79 Å². The van der Waals surface area contributed by atoms with Crippen molar-refractivity contribution in [1.29, 1.82) is 0 Å². The van der Waals surface area contributed by atoms with Crippen molar-refractivity contribution in [2.24, 2.45) is 0 Å². The van der Waals surface area contributed by atoms with Gasteiger partial charge in [-0.15, -0.1) is 0 Å². The summed E-state index contributed by atoms with van der Waals surface area (Å²) in [5.74, 6) is -0.311. The quantitative estimate of drug-likeness (QED) is 0.509. The van der Waals surface area contributed by atoms with Gasteiger partial charge in [-0.25, -0.2) is 4.79 Å². The van der Waals surface area contributed by atoms with Crippen LogP contribution in [0.1, 0.15) is 25.0 Å². The number of benzene rings is 2. The predicted octanol–water partition coefficient (Wildman–Crippen LogP) is 4.10. The van der Waals surface area contributed by atoms with Gasteiger partial charge >= 0.3 is 6.03 Å². The fraction of sp³-hybridized carbons (Fsp3) is 0.190. The maximum absolute atomic E-state index is 13.2. The third kappa shape index (κ3) is 2.17. The highest BCUT2D eigenvalue weighted by Gasteiger charge is 2.41. The van der Waals surface area contributed by atoms with Crippen LogP contribution in [0.15, 0.2) is 54.1 Å². The SMILES string of the molecule is CCN1C(=O)C(=C2c3ccccc3-c3ccccc32)C(=S)N(CC)C1=O. The van der Waals surface area contributed by atoms with Crippen molar-refractivity contribution in [2.45, 2.75) is 13.8 Å². The van der Waals surface area contributed by atoms with E-state index in [4.69, 9.17) is 12.2 Å². The largest absolute Gasteiger partial charge is 0.332 e. The molecule has 1 fully saturated rings. The van der Waals surface area contributed by atoms with Gasteiger partial charge in [0.05, 0.1) is 5.57 Å². The third-order valence-electron chi connectivity index (χ3n) is 4.95. The summed E-state index contributed by atoms with van der Waals surface area (Å²) in [4.78, 5) is 28.8. The average molecular weight is 362 g/mol. The molecule has 0 radical (unpaired) electrons. The Kier molecular flexibility index (Phi) is 3.96. The van der Waals surface area contributed by atoms with Crippen LogP contribution in [0.3, 0.4) is 0 Å². The minimum Gasteiger partial charge on any atom is -0.284 e. The molecule has 1 saturated heterocycles. The molecule has 1 heterocycles. The van der Waals surface area contributed by atoms with Gasteiger partial charge in [0.15, 0.2) is 0 Å². The number of likely N-dealkylation sites (N-methyl/N-ethyl adjacent to an activating group) is 2. The van der Waals surface area contributed by atoms with Gasteiger partial charge < -0.3 is 0 Å². The third-order valence-corrected chi connectivity index (χ3v) is 5.37. The molecule has 0 spiro atoms. The van der Waals surface area contributed by atoms with E-state index in [0.717, 1.165) is 27.8 Å². The molecule has 4 nitrogen and oxygen atoms in total. The smallest absolute Gasteiger partial charge is 0.284 e. The van der Waals surface area contributed by atoms with Crippen LogP contribution in [-0.4, -0.2) is 39.8 Å². The summed E-state index contributed by atoms with van der Waals surface area (Å²) in [5, 5.41) is 0. The van der Waals surface area contributed by atoms with Gasteiger partial charge in [0.1, 0.15) is 4.99 Å². The Morgan fingerprint density at radius 3 is 1.65 bits per heavy atom. The van der Waals surface area contributed by atoms with E-state index in [0.29, 0.717) is 23.7 Å². The zero-order chi connectivity index (χ0) is 18.4. The van der Waals surface area contributed by atoms with Crippen LogP contribution >= 0.6 is 12.2 Å². The highest BCUT2D eigenvalue weighted by Crippen LogP contribution is 2.46. The summed E-state index contributed by atoms with van der Waals surface area (Å²) >= 11 is 5.60. The molecule has 4 rings (SSSR count). The number of carbonyl (C=O) groups is 2. The lowest BCUT2D eigenvalue weighted by molar-refractivity contribution is -0.124. The standard InChI is InChI=1S/C21H18N2O2S/c1-3-22-19(24)18(20(26)23(4-2)21(22)25)17-15-11-7-5-9-13(15)14-10-6-8-12-16(14)17/h5-12H,3-4H2,1-2H3. The predicted molar refractivity (Wildman–Crippen MR) is 106 cm³/mol. The van der Waals surface area contributed by atoms with Crippen molar-refractivity contribution in [3.63, 3.8) is 0 Å². The van der Waals surface area contributed by atoms with E-state index in [2.05, 4.69) is 12.1 Å². The number of carbonyl (C=O) groups excluding carboxylic acids is 2. The Balaban J connectivity index is 2.05. The molecule has 0 N–H and O–H groups in total. The van der Waals surface area contributed by atoms with Gasteiger partial charge in [-0.2, -0.15) is 0 Å². The van der Waals surface area contributed by atoms with E-state index < -0.39 is 0 Å². The maximum atomic E-state index is 13.2. The molecule has 26 heavy (non-hydrogen) atoms. The molecule has 5 heteroatoms. The van der Waals surface area contributed by atoms with Gasteiger partial charge in [-0.3, -0.25) is 14.6 Å². The number of hydrogen-bond acceptors (Lipinski definition) is 3. The lowest BCUT2D eigenvalue weighted by atomic mass is 9.95. The number of amides is 3. The lowest BCUT2D eigenvalue weighted by Crippen LogP contribution is -2.55. The van der Waals surface area contributed by atoms with Gasteiger partial charge in [0.25, 0.3) is 5.91 Å². The van der Waals surface area contributed by atoms with Crippen molar-refractivity contribution in [3.05, 3.63) is 65.2 Å². The monoisotopic (exact) mass is 362 g/mol. The van der Waals surface area contributed by atoms with Crippen LogP contribution in [0.2, 0.25) is 0 Å². The van der Waals surface area contributed by atoms with Crippen molar-refractivity contribution >= 4 is 34.7 Å². The fourth-order valence-electron chi connectivity index (χ4n) is 3.74. The molecule has 2 aromatic carbocycles. The number of nitrogens with zero attached hydrogens (tertiary/aromatic N) is 2. The highest BCUT2D eigenvalue weighted by molar-refractivity contribution is 7.81. The Morgan fingerprint density at radius 2 is 1.19 bits per heavy atom. The van der Waals surface area contributed by atoms with Crippen LogP contribution < -0.4 is 0 Å². The summed E-state index contributed by atoms with van der Waals surface area (Å²) in [5.41, 5.74) is 5.42. The number of fused-ring (bicyclic) bond motifs is 3. The van der Waals surface area contributed by atoms with Crippen molar-refractivity contribution in [3.8, 4) is 11.1 Å². The number of hydrogen-bond donors (Lipinski definition) is 0. The minimum absolute atomic E-state index is 0.311. The first-order valence-electron chi connectivity index (χ1n) is 8.71. The molecule has 0 aromatic heterocycles.